The number of nitriles is 1. The third-order valence-corrected chi connectivity index (χ3v) is 5.80. The zero-order valence-electron chi connectivity index (χ0n) is 20.5. The molecule has 0 bridgehead atoms. The van der Waals surface area contributed by atoms with Crippen molar-refractivity contribution in [2.45, 2.75) is 52.1 Å². The molecule has 3 amide bonds. The van der Waals surface area contributed by atoms with Crippen LogP contribution in [-0.4, -0.2) is 53.7 Å². The number of hydrogen-bond acceptors (Lipinski definition) is 6. The molecule has 0 radical (unpaired) electrons. The largest absolute Gasteiger partial charge is 0.496 e. The zero-order valence-corrected chi connectivity index (χ0v) is 20.5. The molecule has 4 N–H and O–H groups in total. The highest BCUT2D eigenvalue weighted by atomic mass is 16.5. The third-order valence-electron chi connectivity index (χ3n) is 5.80. The predicted molar refractivity (Wildman–Crippen MR) is 129 cm³/mol. The average molecular weight is 481 g/mol. The van der Waals surface area contributed by atoms with Gasteiger partial charge in [0.15, 0.2) is 0 Å². The van der Waals surface area contributed by atoms with E-state index in [2.05, 4.69) is 32.2 Å². The van der Waals surface area contributed by atoms with Crippen LogP contribution in [0, 0.1) is 22.7 Å². The fourth-order valence-electron chi connectivity index (χ4n) is 4.06. The Bertz CT molecular complexity index is 1110. The molecule has 1 fully saturated rings. The number of carbonyl (C=O) groups excluding carboxylic acids is 3. The van der Waals surface area contributed by atoms with Crippen molar-refractivity contribution >= 4 is 17.7 Å². The first-order valence-corrected chi connectivity index (χ1v) is 11.6. The molecule has 0 unspecified atom stereocenters. The van der Waals surface area contributed by atoms with Gasteiger partial charge in [-0.25, -0.2) is 0 Å². The lowest BCUT2D eigenvalue weighted by atomic mass is 9.87. The second kappa shape index (κ2) is 11.0. The number of hydrogen-bond donors (Lipinski definition) is 4. The third kappa shape index (κ3) is 6.82. The maximum atomic E-state index is 13.1. The highest BCUT2D eigenvalue weighted by Gasteiger charge is 2.32. The van der Waals surface area contributed by atoms with Crippen molar-refractivity contribution in [3.8, 4) is 23.1 Å². The van der Waals surface area contributed by atoms with E-state index in [0.717, 1.165) is 5.56 Å². The number of aromatic nitrogens is 2. The number of nitrogens with zero attached hydrogens (tertiary/aromatic N) is 2. The van der Waals surface area contributed by atoms with Gasteiger partial charge in [0.1, 0.15) is 23.5 Å². The molecule has 1 aliphatic heterocycles. The molecule has 1 aromatic carbocycles. The molecule has 0 saturated carbocycles. The van der Waals surface area contributed by atoms with Crippen LogP contribution < -0.4 is 20.7 Å². The fourth-order valence-corrected chi connectivity index (χ4v) is 4.06. The lowest BCUT2D eigenvalue weighted by Crippen LogP contribution is -2.51. The Balaban J connectivity index is 1.72. The van der Waals surface area contributed by atoms with Gasteiger partial charge in [-0.15, -0.1) is 0 Å². The summed E-state index contributed by atoms with van der Waals surface area (Å²) in [6, 6.07) is 9.26. The SMILES string of the molecule is COc1ccccc1-c1cc(C(=O)N[C@@H](CC(C)(C)C)C(=O)N[C@H](C#N)C[C@@H]2CCNC2=O)[nH]n1. The minimum atomic E-state index is -0.881. The van der Waals surface area contributed by atoms with E-state index in [1.165, 1.54) is 0 Å². The van der Waals surface area contributed by atoms with Crippen LogP contribution in [0.4, 0.5) is 0 Å². The number of aromatic amines is 1. The van der Waals surface area contributed by atoms with E-state index in [1.54, 1.807) is 19.2 Å². The van der Waals surface area contributed by atoms with E-state index in [-0.39, 0.29) is 29.4 Å². The van der Waals surface area contributed by atoms with Gasteiger partial charge in [0.2, 0.25) is 11.8 Å². The van der Waals surface area contributed by atoms with Crippen LogP contribution in [0.3, 0.4) is 0 Å². The molecule has 1 aliphatic rings. The van der Waals surface area contributed by atoms with Gasteiger partial charge in [0.25, 0.3) is 5.91 Å². The Morgan fingerprint density at radius 1 is 1.29 bits per heavy atom. The van der Waals surface area contributed by atoms with Gasteiger partial charge in [-0.05, 0) is 42.9 Å². The topological polar surface area (TPSA) is 149 Å². The summed E-state index contributed by atoms with van der Waals surface area (Å²) in [4.78, 5) is 38.0. The van der Waals surface area contributed by atoms with Crippen molar-refractivity contribution in [3.05, 3.63) is 36.0 Å². The van der Waals surface area contributed by atoms with Gasteiger partial charge >= 0.3 is 0 Å². The smallest absolute Gasteiger partial charge is 0.269 e. The van der Waals surface area contributed by atoms with Crippen molar-refractivity contribution in [2.75, 3.05) is 13.7 Å². The minimum absolute atomic E-state index is 0.107. The number of rotatable bonds is 9. The van der Waals surface area contributed by atoms with Gasteiger partial charge < -0.3 is 20.7 Å². The molecule has 10 heteroatoms. The Labute approximate surface area is 204 Å². The zero-order chi connectivity index (χ0) is 25.6. The highest BCUT2D eigenvalue weighted by molar-refractivity contribution is 5.97. The summed E-state index contributed by atoms with van der Waals surface area (Å²) >= 11 is 0. The molecule has 186 valence electrons. The number of H-pyrrole nitrogens is 1. The molecular weight excluding hydrogens is 448 g/mol. The second-order valence-electron chi connectivity index (χ2n) is 9.86. The van der Waals surface area contributed by atoms with Crippen LogP contribution in [0.25, 0.3) is 11.3 Å². The minimum Gasteiger partial charge on any atom is -0.496 e. The first-order valence-electron chi connectivity index (χ1n) is 11.6. The molecule has 1 aromatic heterocycles. The van der Waals surface area contributed by atoms with Crippen molar-refractivity contribution in [1.82, 2.24) is 26.1 Å². The van der Waals surface area contributed by atoms with Crippen molar-refractivity contribution in [2.24, 2.45) is 11.3 Å². The monoisotopic (exact) mass is 480 g/mol. The molecule has 2 aromatic rings. The summed E-state index contributed by atoms with van der Waals surface area (Å²) in [5.74, 6) is -0.762. The first kappa shape index (κ1) is 25.7. The lowest BCUT2D eigenvalue weighted by molar-refractivity contribution is -0.125. The molecule has 1 saturated heterocycles. The van der Waals surface area contributed by atoms with Crippen LogP contribution in [0.15, 0.2) is 30.3 Å². The molecule has 0 spiro atoms. The first-order chi connectivity index (χ1) is 16.6. The summed E-state index contributed by atoms with van der Waals surface area (Å²) in [5, 5.41) is 24.7. The molecule has 3 atom stereocenters. The quantitative estimate of drug-likeness (QED) is 0.432. The Morgan fingerprint density at radius 3 is 2.66 bits per heavy atom. The van der Waals surface area contributed by atoms with Gasteiger partial charge in [0, 0.05) is 18.0 Å². The Kier molecular flexibility index (Phi) is 8.12. The van der Waals surface area contributed by atoms with Gasteiger partial charge in [-0.1, -0.05) is 32.9 Å². The average Bonchev–Trinajstić information content (AvgIpc) is 3.46. The van der Waals surface area contributed by atoms with Gasteiger partial charge in [-0.2, -0.15) is 10.4 Å². The summed E-state index contributed by atoms with van der Waals surface area (Å²) in [6.07, 6.45) is 1.20. The van der Waals surface area contributed by atoms with Crippen LogP contribution in [-0.2, 0) is 9.59 Å². The van der Waals surface area contributed by atoms with E-state index in [4.69, 9.17) is 4.74 Å². The maximum absolute atomic E-state index is 13.1. The summed E-state index contributed by atoms with van der Waals surface area (Å²) < 4.78 is 5.36. The second-order valence-corrected chi connectivity index (χ2v) is 9.86. The lowest BCUT2D eigenvalue weighted by Gasteiger charge is -2.27. The van der Waals surface area contributed by atoms with E-state index in [0.29, 0.717) is 30.8 Å². The van der Waals surface area contributed by atoms with Crippen LogP contribution in [0.1, 0.15) is 50.5 Å². The van der Waals surface area contributed by atoms with Gasteiger partial charge in [-0.3, -0.25) is 19.5 Å². The van der Waals surface area contributed by atoms with Crippen LogP contribution in [0.2, 0.25) is 0 Å². The van der Waals surface area contributed by atoms with E-state index in [9.17, 15) is 19.6 Å². The van der Waals surface area contributed by atoms with Crippen LogP contribution >= 0.6 is 0 Å². The number of ether oxygens (including phenoxy) is 1. The van der Waals surface area contributed by atoms with E-state index < -0.39 is 23.9 Å². The molecule has 2 heterocycles. The predicted octanol–water partition coefficient (Wildman–Crippen LogP) is 2.15. The fraction of sp³-hybridized carbons (Fsp3) is 0.480. The highest BCUT2D eigenvalue weighted by Crippen LogP contribution is 2.28. The van der Waals surface area contributed by atoms with Crippen LogP contribution in [0.5, 0.6) is 5.75 Å². The van der Waals surface area contributed by atoms with Crippen molar-refractivity contribution in [1.29, 1.82) is 5.26 Å². The molecule has 3 rings (SSSR count). The Morgan fingerprint density at radius 2 is 2.03 bits per heavy atom. The summed E-state index contributed by atoms with van der Waals surface area (Å²) in [5.41, 5.74) is 1.17. The molecular formula is C25H32N6O4. The molecule has 0 aliphatic carbocycles. The normalized spacial score (nSPS) is 17.1. The van der Waals surface area contributed by atoms with Crippen molar-refractivity contribution in [3.63, 3.8) is 0 Å². The molecule has 35 heavy (non-hydrogen) atoms. The summed E-state index contributed by atoms with van der Waals surface area (Å²) in [7, 11) is 1.56. The molecule has 10 nitrogen and oxygen atoms in total. The number of amides is 3. The number of nitrogens with one attached hydrogen (secondary N) is 4. The van der Waals surface area contributed by atoms with Gasteiger partial charge in [0.05, 0.1) is 18.9 Å². The number of carbonyl (C=O) groups is 3. The number of benzene rings is 1. The Hall–Kier alpha value is -3.87. The number of para-hydroxylation sites is 1. The van der Waals surface area contributed by atoms with E-state index in [1.807, 2.05) is 39.0 Å². The maximum Gasteiger partial charge on any atom is 0.269 e. The van der Waals surface area contributed by atoms with E-state index >= 15 is 0 Å². The summed E-state index contributed by atoms with van der Waals surface area (Å²) in [6.45, 7) is 6.44. The standard InChI is InChI=1S/C25H32N6O4/c1-25(2,3)13-20(24(34)28-16(14-26)11-15-9-10-27-22(15)32)29-23(33)19-12-18(30-31-19)17-7-5-6-8-21(17)35-4/h5-8,12,15-16,20H,9-11,13H2,1-4H3,(H,27,32)(H,28,34)(H,29,33)(H,30,31)/t15-,16-,20-/m0/s1. The number of methoxy groups -OCH3 is 1. The van der Waals surface area contributed by atoms with Crippen molar-refractivity contribution < 1.29 is 19.1 Å².